The number of nitrogens with zero attached hydrogens (tertiary/aromatic N) is 1. The molecule has 2 aliphatic heterocycles. The van der Waals surface area contributed by atoms with Gasteiger partial charge in [-0.15, -0.1) is 0 Å². The standard InChI is InChI=1S/C20H19N3O6S/c1-29-13-5-7-14(8-6-13)30(27,28)23-10-2-3-17(23)20(26)21-12-4-9-15-16(11-12)19(25)22-18(15)24/h4-9,11,17H,2-3,10H2,1H3,(H,21,26)(H,22,24,25). The Bertz CT molecular complexity index is 1140. The molecule has 0 radical (unpaired) electrons. The Balaban J connectivity index is 1.54. The minimum atomic E-state index is -3.87. The van der Waals surface area contributed by atoms with Crippen molar-refractivity contribution in [2.75, 3.05) is 19.0 Å². The number of hydrogen-bond acceptors (Lipinski definition) is 6. The number of ether oxygens (including phenoxy) is 1. The zero-order valence-corrected chi connectivity index (χ0v) is 16.9. The van der Waals surface area contributed by atoms with Gasteiger partial charge in [0, 0.05) is 12.2 Å². The topological polar surface area (TPSA) is 122 Å². The molecule has 2 aromatic rings. The molecule has 1 fully saturated rings. The average molecular weight is 429 g/mol. The third-order valence-electron chi connectivity index (χ3n) is 5.18. The fourth-order valence-corrected chi connectivity index (χ4v) is 5.30. The summed E-state index contributed by atoms with van der Waals surface area (Å²) in [6, 6.07) is 9.47. The zero-order chi connectivity index (χ0) is 21.5. The van der Waals surface area contributed by atoms with Crippen LogP contribution in [0.3, 0.4) is 0 Å². The molecule has 9 nitrogen and oxygen atoms in total. The molecule has 1 saturated heterocycles. The second-order valence-corrected chi connectivity index (χ2v) is 8.87. The van der Waals surface area contributed by atoms with Gasteiger partial charge < -0.3 is 10.1 Å². The molecule has 0 aromatic heterocycles. The fourth-order valence-electron chi connectivity index (χ4n) is 3.64. The van der Waals surface area contributed by atoms with Crippen molar-refractivity contribution in [3.05, 3.63) is 53.6 Å². The van der Waals surface area contributed by atoms with Gasteiger partial charge in [0.15, 0.2) is 0 Å². The van der Waals surface area contributed by atoms with Crippen molar-refractivity contribution in [2.45, 2.75) is 23.8 Å². The Kier molecular flexibility index (Phi) is 5.04. The van der Waals surface area contributed by atoms with E-state index >= 15 is 0 Å². The van der Waals surface area contributed by atoms with Crippen molar-refractivity contribution < 1.29 is 27.5 Å². The fraction of sp³-hybridized carbons (Fsp3) is 0.250. The molecule has 1 unspecified atom stereocenters. The van der Waals surface area contributed by atoms with Gasteiger partial charge in [0.1, 0.15) is 11.8 Å². The van der Waals surface area contributed by atoms with Gasteiger partial charge >= 0.3 is 0 Å². The number of carbonyl (C=O) groups excluding carboxylic acids is 3. The Labute approximate surface area is 173 Å². The average Bonchev–Trinajstić information content (AvgIpc) is 3.34. The van der Waals surface area contributed by atoms with Crippen molar-refractivity contribution >= 4 is 33.4 Å². The van der Waals surface area contributed by atoms with Gasteiger partial charge in [-0.2, -0.15) is 4.31 Å². The molecule has 1 atom stereocenters. The first kappa shape index (κ1) is 20.0. The smallest absolute Gasteiger partial charge is 0.259 e. The lowest BCUT2D eigenvalue weighted by Crippen LogP contribution is -2.43. The van der Waals surface area contributed by atoms with E-state index in [2.05, 4.69) is 10.6 Å². The van der Waals surface area contributed by atoms with Gasteiger partial charge in [-0.25, -0.2) is 8.42 Å². The molecule has 30 heavy (non-hydrogen) atoms. The van der Waals surface area contributed by atoms with Crippen molar-refractivity contribution in [3.8, 4) is 5.75 Å². The second kappa shape index (κ2) is 7.54. The summed E-state index contributed by atoms with van der Waals surface area (Å²) >= 11 is 0. The van der Waals surface area contributed by atoms with E-state index in [1.165, 1.54) is 41.7 Å². The van der Waals surface area contributed by atoms with Crippen molar-refractivity contribution in [3.63, 3.8) is 0 Å². The van der Waals surface area contributed by atoms with Crippen LogP contribution in [0.5, 0.6) is 5.75 Å². The zero-order valence-electron chi connectivity index (χ0n) is 16.0. The number of imide groups is 1. The highest BCUT2D eigenvalue weighted by molar-refractivity contribution is 7.89. The number of fused-ring (bicyclic) bond motifs is 1. The van der Waals surface area contributed by atoms with Crippen molar-refractivity contribution in [1.82, 2.24) is 9.62 Å². The lowest BCUT2D eigenvalue weighted by atomic mass is 10.1. The van der Waals surface area contributed by atoms with Gasteiger partial charge in [-0.3, -0.25) is 19.7 Å². The molecule has 2 aliphatic rings. The van der Waals surface area contributed by atoms with Crippen LogP contribution in [0.4, 0.5) is 5.69 Å². The molecular weight excluding hydrogens is 410 g/mol. The monoisotopic (exact) mass is 429 g/mol. The number of sulfonamides is 1. The third kappa shape index (κ3) is 3.44. The highest BCUT2D eigenvalue weighted by Crippen LogP contribution is 2.28. The van der Waals surface area contributed by atoms with E-state index in [1.54, 1.807) is 12.1 Å². The second-order valence-electron chi connectivity index (χ2n) is 6.98. The van der Waals surface area contributed by atoms with E-state index < -0.39 is 33.8 Å². The minimum absolute atomic E-state index is 0.0794. The van der Waals surface area contributed by atoms with Gasteiger partial charge in [0.05, 0.1) is 23.1 Å². The summed E-state index contributed by atoms with van der Waals surface area (Å²) < 4.78 is 32.3. The lowest BCUT2D eigenvalue weighted by molar-refractivity contribution is -0.119. The quantitative estimate of drug-likeness (QED) is 0.693. The largest absolute Gasteiger partial charge is 0.497 e. The first-order valence-corrected chi connectivity index (χ1v) is 10.7. The molecule has 2 heterocycles. The molecule has 0 bridgehead atoms. The van der Waals surface area contributed by atoms with Crippen LogP contribution in [0.15, 0.2) is 47.4 Å². The Morgan fingerprint density at radius 2 is 1.80 bits per heavy atom. The van der Waals surface area contributed by atoms with Gasteiger partial charge in [-0.05, 0) is 55.3 Å². The minimum Gasteiger partial charge on any atom is -0.497 e. The number of amides is 3. The summed E-state index contributed by atoms with van der Waals surface area (Å²) in [6.07, 6.45) is 0.930. The molecule has 2 N–H and O–H groups in total. The molecule has 0 aliphatic carbocycles. The van der Waals surface area contributed by atoms with Gasteiger partial charge in [0.2, 0.25) is 15.9 Å². The number of rotatable bonds is 5. The molecule has 4 rings (SSSR count). The van der Waals surface area contributed by atoms with E-state index in [0.717, 1.165) is 0 Å². The summed E-state index contributed by atoms with van der Waals surface area (Å²) in [7, 11) is -2.38. The summed E-state index contributed by atoms with van der Waals surface area (Å²) in [5, 5.41) is 4.85. The number of methoxy groups -OCH3 is 1. The summed E-state index contributed by atoms with van der Waals surface area (Å²) in [5.41, 5.74) is 0.729. The molecule has 3 amide bonds. The van der Waals surface area contributed by atoms with E-state index in [0.29, 0.717) is 24.3 Å². The maximum atomic E-state index is 13.0. The lowest BCUT2D eigenvalue weighted by Gasteiger charge is -2.23. The number of benzene rings is 2. The molecule has 0 spiro atoms. The van der Waals surface area contributed by atoms with Crippen LogP contribution in [0.2, 0.25) is 0 Å². The van der Waals surface area contributed by atoms with Crippen LogP contribution in [-0.4, -0.2) is 50.1 Å². The predicted octanol–water partition coefficient (Wildman–Crippen LogP) is 1.37. The van der Waals surface area contributed by atoms with Crippen LogP contribution in [0.25, 0.3) is 0 Å². The molecule has 10 heteroatoms. The number of carbonyl (C=O) groups is 3. The van der Waals surface area contributed by atoms with E-state index in [-0.39, 0.29) is 22.6 Å². The SMILES string of the molecule is COc1ccc(S(=O)(=O)N2CCCC2C(=O)Nc2ccc3c(c2)C(=O)NC3=O)cc1. The number of anilines is 1. The molecule has 156 valence electrons. The van der Waals surface area contributed by atoms with Crippen molar-refractivity contribution in [1.29, 1.82) is 0 Å². The van der Waals surface area contributed by atoms with E-state index in [9.17, 15) is 22.8 Å². The molecule has 2 aromatic carbocycles. The maximum absolute atomic E-state index is 13.0. The van der Waals surface area contributed by atoms with Crippen LogP contribution >= 0.6 is 0 Å². The molecular formula is C20H19N3O6S. The van der Waals surface area contributed by atoms with Gasteiger partial charge in [0.25, 0.3) is 11.8 Å². The van der Waals surface area contributed by atoms with E-state index in [1.807, 2.05) is 0 Å². The Morgan fingerprint density at radius 1 is 1.10 bits per heavy atom. The Hall–Kier alpha value is -3.24. The highest BCUT2D eigenvalue weighted by Gasteiger charge is 2.39. The van der Waals surface area contributed by atoms with Crippen LogP contribution in [0, 0.1) is 0 Å². The summed E-state index contributed by atoms with van der Waals surface area (Å²) in [6.45, 7) is 0.230. The van der Waals surface area contributed by atoms with Gasteiger partial charge in [-0.1, -0.05) is 0 Å². The normalized spacial score (nSPS) is 18.8. The van der Waals surface area contributed by atoms with Crippen molar-refractivity contribution in [2.24, 2.45) is 0 Å². The number of nitrogens with one attached hydrogen (secondary N) is 2. The summed E-state index contributed by atoms with van der Waals surface area (Å²) in [4.78, 5) is 36.4. The highest BCUT2D eigenvalue weighted by atomic mass is 32.2. The predicted molar refractivity (Wildman–Crippen MR) is 107 cm³/mol. The van der Waals surface area contributed by atoms with Crippen LogP contribution < -0.4 is 15.4 Å². The van der Waals surface area contributed by atoms with Crippen LogP contribution in [-0.2, 0) is 14.8 Å². The maximum Gasteiger partial charge on any atom is 0.259 e. The first-order valence-electron chi connectivity index (χ1n) is 9.28. The number of hydrogen-bond donors (Lipinski definition) is 2. The van der Waals surface area contributed by atoms with E-state index in [4.69, 9.17) is 4.74 Å². The third-order valence-corrected chi connectivity index (χ3v) is 7.10. The van der Waals surface area contributed by atoms with Crippen LogP contribution in [0.1, 0.15) is 33.6 Å². The Morgan fingerprint density at radius 3 is 2.50 bits per heavy atom. The first-order chi connectivity index (χ1) is 14.3. The molecule has 0 saturated carbocycles. The summed E-state index contributed by atoms with van der Waals surface area (Å²) in [5.74, 6) is -0.978.